The zero-order valence-electron chi connectivity index (χ0n) is 13.0. The number of amides is 1. The molecule has 2 N–H and O–H groups in total. The number of hydrogen-bond donors (Lipinski definition) is 1. The van der Waals surface area contributed by atoms with Gasteiger partial charge < -0.3 is 10.6 Å². The standard InChI is InChI=1S/C17H23N3O/c1-12(2)20(10-6-9-18)17(21)15-11-13(3)19-16-8-5-4-7-14(15)16/h4-5,7-8,11-12H,6,9-10,18H2,1-3H3. The first-order valence-electron chi connectivity index (χ1n) is 7.42. The molecule has 0 saturated carbocycles. The van der Waals surface area contributed by atoms with Gasteiger partial charge in [0.25, 0.3) is 5.91 Å². The second-order valence-electron chi connectivity index (χ2n) is 5.56. The van der Waals surface area contributed by atoms with E-state index in [1.807, 2.05) is 56.0 Å². The van der Waals surface area contributed by atoms with Crippen LogP contribution >= 0.6 is 0 Å². The fourth-order valence-corrected chi connectivity index (χ4v) is 2.50. The lowest BCUT2D eigenvalue weighted by Crippen LogP contribution is -2.38. The summed E-state index contributed by atoms with van der Waals surface area (Å²) in [5.74, 6) is 0.0557. The van der Waals surface area contributed by atoms with Crippen LogP contribution in [-0.2, 0) is 0 Å². The van der Waals surface area contributed by atoms with E-state index >= 15 is 0 Å². The Morgan fingerprint density at radius 3 is 2.71 bits per heavy atom. The van der Waals surface area contributed by atoms with E-state index in [0.717, 1.165) is 28.6 Å². The molecule has 2 rings (SSSR count). The summed E-state index contributed by atoms with van der Waals surface area (Å²) >= 11 is 0. The number of nitrogens with zero attached hydrogens (tertiary/aromatic N) is 2. The van der Waals surface area contributed by atoms with Crippen LogP contribution in [0.1, 0.15) is 36.3 Å². The SMILES string of the molecule is Cc1cc(C(=O)N(CCCN)C(C)C)c2ccccc2n1. The molecule has 1 heterocycles. The van der Waals surface area contributed by atoms with Gasteiger partial charge in [0.1, 0.15) is 0 Å². The smallest absolute Gasteiger partial charge is 0.254 e. The predicted molar refractivity (Wildman–Crippen MR) is 86.3 cm³/mol. The molecule has 0 radical (unpaired) electrons. The van der Waals surface area contributed by atoms with E-state index in [-0.39, 0.29) is 11.9 Å². The predicted octanol–water partition coefficient (Wildman–Crippen LogP) is 2.74. The Balaban J connectivity index is 2.46. The number of pyridine rings is 1. The van der Waals surface area contributed by atoms with Crippen molar-refractivity contribution < 1.29 is 4.79 Å². The highest BCUT2D eigenvalue weighted by Gasteiger charge is 2.20. The van der Waals surface area contributed by atoms with Crippen LogP contribution in [0.4, 0.5) is 0 Å². The van der Waals surface area contributed by atoms with E-state index in [9.17, 15) is 4.79 Å². The zero-order valence-corrected chi connectivity index (χ0v) is 13.0. The summed E-state index contributed by atoms with van der Waals surface area (Å²) < 4.78 is 0. The van der Waals surface area contributed by atoms with Crippen LogP contribution in [0.15, 0.2) is 30.3 Å². The Labute approximate surface area is 126 Å². The second kappa shape index (κ2) is 6.68. The topological polar surface area (TPSA) is 59.2 Å². The molecule has 0 saturated heterocycles. The summed E-state index contributed by atoms with van der Waals surface area (Å²) in [5.41, 5.74) is 8.03. The van der Waals surface area contributed by atoms with Crippen molar-refractivity contribution in [3.8, 4) is 0 Å². The van der Waals surface area contributed by atoms with Crippen molar-refractivity contribution in [3.63, 3.8) is 0 Å². The van der Waals surface area contributed by atoms with E-state index in [1.165, 1.54) is 0 Å². The lowest BCUT2D eigenvalue weighted by atomic mass is 10.1. The third-order valence-electron chi connectivity index (χ3n) is 3.56. The summed E-state index contributed by atoms with van der Waals surface area (Å²) in [6, 6.07) is 9.81. The molecular formula is C17H23N3O. The van der Waals surface area contributed by atoms with Crippen LogP contribution in [0, 0.1) is 6.92 Å². The molecule has 0 spiro atoms. The molecule has 2 aromatic rings. The van der Waals surface area contributed by atoms with Crippen molar-refractivity contribution in [2.75, 3.05) is 13.1 Å². The first kappa shape index (κ1) is 15.4. The number of carbonyl (C=O) groups is 1. The molecule has 21 heavy (non-hydrogen) atoms. The number of para-hydroxylation sites is 1. The second-order valence-corrected chi connectivity index (χ2v) is 5.56. The van der Waals surface area contributed by atoms with Crippen molar-refractivity contribution >= 4 is 16.8 Å². The maximum absolute atomic E-state index is 12.9. The number of benzene rings is 1. The highest BCUT2D eigenvalue weighted by atomic mass is 16.2. The fourth-order valence-electron chi connectivity index (χ4n) is 2.50. The summed E-state index contributed by atoms with van der Waals surface area (Å²) in [6.07, 6.45) is 0.811. The summed E-state index contributed by atoms with van der Waals surface area (Å²) in [6.45, 7) is 7.26. The molecular weight excluding hydrogens is 262 g/mol. The number of aromatic nitrogens is 1. The Kier molecular flexibility index (Phi) is 4.91. The monoisotopic (exact) mass is 285 g/mol. The summed E-state index contributed by atoms with van der Waals surface area (Å²) in [5, 5.41) is 0.909. The van der Waals surface area contributed by atoms with Crippen LogP contribution in [-0.4, -0.2) is 34.9 Å². The van der Waals surface area contributed by atoms with Crippen LogP contribution in [0.2, 0.25) is 0 Å². The fraction of sp³-hybridized carbons (Fsp3) is 0.412. The average Bonchev–Trinajstić information content (AvgIpc) is 2.46. The number of hydrogen-bond acceptors (Lipinski definition) is 3. The van der Waals surface area contributed by atoms with Crippen molar-refractivity contribution in [2.24, 2.45) is 5.73 Å². The largest absolute Gasteiger partial charge is 0.336 e. The lowest BCUT2D eigenvalue weighted by molar-refractivity contribution is 0.0706. The molecule has 0 aliphatic carbocycles. The van der Waals surface area contributed by atoms with Crippen LogP contribution < -0.4 is 5.73 Å². The Morgan fingerprint density at radius 1 is 1.33 bits per heavy atom. The molecule has 0 unspecified atom stereocenters. The highest BCUT2D eigenvalue weighted by Crippen LogP contribution is 2.20. The normalized spacial score (nSPS) is 11.1. The molecule has 0 aliphatic rings. The molecule has 112 valence electrons. The molecule has 1 aromatic heterocycles. The quantitative estimate of drug-likeness (QED) is 0.919. The van der Waals surface area contributed by atoms with Crippen molar-refractivity contribution in [3.05, 3.63) is 41.6 Å². The molecule has 1 amide bonds. The zero-order chi connectivity index (χ0) is 15.4. The van der Waals surface area contributed by atoms with E-state index in [4.69, 9.17) is 5.73 Å². The highest BCUT2D eigenvalue weighted by molar-refractivity contribution is 6.06. The van der Waals surface area contributed by atoms with Gasteiger partial charge in [-0.2, -0.15) is 0 Å². The van der Waals surface area contributed by atoms with E-state index in [0.29, 0.717) is 13.1 Å². The third kappa shape index (κ3) is 3.39. The summed E-state index contributed by atoms with van der Waals surface area (Å²) in [7, 11) is 0. The Hall–Kier alpha value is -1.94. The van der Waals surface area contributed by atoms with Gasteiger partial charge in [-0.25, -0.2) is 0 Å². The Morgan fingerprint density at radius 2 is 2.05 bits per heavy atom. The Bertz CT molecular complexity index is 637. The van der Waals surface area contributed by atoms with Crippen LogP contribution in [0.25, 0.3) is 10.9 Å². The maximum atomic E-state index is 12.9. The van der Waals surface area contributed by atoms with Gasteiger partial charge in [-0.15, -0.1) is 0 Å². The molecule has 0 fully saturated rings. The molecule has 0 bridgehead atoms. The number of rotatable bonds is 5. The molecule has 0 aliphatic heterocycles. The number of aryl methyl sites for hydroxylation is 1. The molecule has 4 heteroatoms. The average molecular weight is 285 g/mol. The van der Waals surface area contributed by atoms with E-state index in [2.05, 4.69) is 4.98 Å². The van der Waals surface area contributed by atoms with Gasteiger partial charge >= 0.3 is 0 Å². The van der Waals surface area contributed by atoms with Gasteiger partial charge in [-0.05, 0) is 45.9 Å². The van der Waals surface area contributed by atoms with E-state index < -0.39 is 0 Å². The number of fused-ring (bicyclic) bond motifs is 1. The first-order valence-corrected chi connectivity index (χ1v) is 7.42. The van der Waals surface area contributed by atoms with Gasteiger partial charge in [0.15, 0.2) is 0 Å². The lowest BCUT2D eigenvalue weighted by Gasteiger charge is -2.27. The van der Waals surface area contributed by atoms with Crippen molar-refractivity contribution in [1.82, 2.24) is 9.88 Å². The summed E-state index contributed by atoms with van der Waals surface area (Å²) in [4.78, 5) is 19.3. The van der Waals surface area contributed by atoms with E-state index in [1.54, 1.807) is 0 Å². The molecule has 4 nitrogen and oxygen atoms in total. The minimum Gasteiger partial charge on any atom is -0.336 e. The third-order valence-corrected chi connectivity index (χ3v) is 3.56. The number of carbonyl (C=O) groups excluding carboxylic acids is 1. The van der Waals surface area contributed by atoms with Crippen molar-refractivity contribution in [2.45, 2.75) is 33.2 Å². The first-order chi connectivity index (χ1) is 10.0. The van der Waals surface area contributed by atoms with Gasteiger partial charge in [-0.3, -0.25) is 9.78 Å². The molecule has 1 aromatic carbocycles. The van der Waals surface area contributed by atoms with Crippen molar-refractivity contribution in [1.29, 1.82) is 0 Å². The van der Waals surface area contributed by atoms with Gasteiger partial charge in [0.2, 0.25) is 0 Å². The van der Waals surface area contributed by atoms with Gasteiger partial charge in [-0.1, -0.05) is 18.2 Å². The minimum absolute atomic E-state index is 0.0557. The van der Waals surface area contributed by atoms with Crippen LogP contribution in [0.5, 0.6) is 0 Å². The van der Waals surface area contributed by atoms with Gasteiger partial charge in [0.05, 0.1) is 11.1 Å². The maximum Gasteiger partial charge on any atom is 0.254 e. The van der Waals surface area contributed by atoms with Crippen LogP contribution in [0.3, 0.4) is 0 Å². The molecule has 0 atom stereocenters. The number of nitrogens with two attached hydrogens (primary N) is 1. The minimum atomic E-state index is 0.0557. The van der Waals surface area contributed by atoms with Gasteiger partial charge in [0, 0.05) is 23.7 Å².